The van der Waals surface area contributed by atoms with Gasteiger partial charge in [-0.25, -0.2) is 8.42 Å². The summed E-state index contributed by atoms with van der Waals surface area (Å²) in [4.78, 5) is 0.430. The molecule has 1 aliphatic rings. The number of hydrogen-bond acceptors (Lipinski definition) is 3. The molecule has 78 valence electrons. The Labute approximate surface area is 89.4 Å². The standard InChI is InChI=1S/C11H11NO2S/c1-2-7-12-10-8-15(13,14)11-6-4-3-5-9(10)11/h1,3-6,10,12H,7-8H2. The number of benzene rings is 1. The lowest BCUT2D eigenvalue weighted by Gasteiger charge is -2.09. The highest BCUT2D eigenvalue weighted by Crippen LogP contribution is 2.32. The monoisotopic (exact) mass is 221 g/mol. The molecule has 0 amide bonds. The highest BCUT2D eigenvalue weighted by molar-refractivity contribution is 7.91. The summed E-state index contributed by atoms with van der Waals surface area (Å²) in [7, 11) is -3.12. The Balaban J connectivity index is 2.40. The molecule has 15 heavy (non-hydrogen) atoms. The molecule has 1 N–H and O–H groups in total. The number of terminal acetylenes is 1. The number of sulfone groups is 1. The molecule has 1 aromatic carbocycles. The van der Waals surface area contributed by atoms with Crippen LogP contribution in [0.1, 0.15) is 11.6 Å². The van der Waals surface area contributed by atoms with Gasteiger partial charge in [0.1, 0.15) is 0 Å². The lowest BCUT2D eigenvalue weighted by atomic mass is 10.1. The van der Waals surface area contributed by atoms with E-state index in [1.54, 1.807) is 12.1 Å². The Kier molecular flexibility index (Phi) is 2.51. The Morgan fingerprint density at radius 1 is 1.47 bits per heavy atom. The summed E-state index contributed by atoms with van der Waals surface area (Å²) in [6, 6.07) is 6.88. The van der Waals surface area contributed by atoms with Crippen molar-refractivity contribution in [2.24, 2.45) is 0 Å². The first-order valence-corrected chi connectivity index (χ1v) is 6.29. The normalized spacial score (nSPS) is 21.9. The first-order chi connectivity index (χ1) is 7.15. The van der Waals surface area contributed by atoms with E-state index in [0.717, 1.165) is 5.56 Å². The summed E-state index contributed by atoms with van der Waals surface area (Å²) in [5, 5.41) is 3.03. The van der Waals surface area contributed by atoms with Gasteiger partial charge < -0.3 is 0 Å². The maximum Gasteiger partial charge on any atom is 0.180 e. The third-order valence-corrected chi connectivity index (χ3v) is 4.28. The van der Waals surface area contributed by atoms with Crippen LogP contribution in [0, 0.1) is 12.3 Å². The summed E-state index contributed by atoms with van der Waals surface area (Å²) >= 11 is 0. The van der Waals surface area contributed by atoms with Crippen LogP contribution in [0.5, 0.6) is 0 Å². The van der Waals surface area contributed by atoms with Crippen LogP contribution in [0.15, 0.2) is 29.2 Å². The first kappa shape index (κ1) is 10.2. The van der Waals surface area contributed by atoms with Crippen LogP contribution in [-0.2, 0) is 9.84 Å². The molecule has 1 unspecified atom stereocenters. The van der Waals surface area contributed by atoms with Crippen molar-refractivity contribution in [1.82, 2.24) is 5.32 Å². The molecule has 1 aliphatic heterocycles. The number of nitrogens with one attached hydrogen (secondary N) is 1. The molecule has 0 spiro atoms. The molecule has 0 saturated heterocycles. The van der Waals surface area contributed by atoms with Crippen molar-refractivity contribution in [1.29, 1.82) is 0 Å². The van der Waals surface area contributed by atoms with E-state index < -0.39 is 9.84 Å². The zero-order valence-electron chi connectivity index (χ0n) is 8.10. The van der Waals surface area contributed by atoms with Crippen LogP contribution < -0.4 is 5.32 Å². The van der Waals surface area contributed by atoms with E-state index in [0.29, 0.717) is 11.4 Å². The third kappa shape index (κ3) is 1.76. The highest BCUT2D eigenvalue weighted by atomic mass is 32.2. The van der Waals surface area contributed by atoms with Crippen LogP contribution >= 0.6 is 0 Å². The molecule has 1 atom stereocenters. The van der Waals surface area contributed by atoms with E-state index in [2.05, 4.69) is 11.2 Å². The molecule has 0 radical (unpaired) electrons. The minimum atomic E-state index is -3.12. The topological polar surface area (TPSA) is 46.2 Å². The SMILES string of the molecule is C#CCNC1CS(=O)(=O)c2ccccc21. The molecule has 0 aliphatic carbocycles. The molecular weight excluding hydrogens is 210 g/mol. The van der Waals surface area contributed by atoms with E-state index >= 15 is 0 Å². The van der Waals surface area contributed by atoms with Crippen molar-refractivity contribution >= 4 is 9.84 Å². The maximum atomic E-state index is 11.7. The van der Waals surface area contributed by atoms with Gasteiger partial charge in [-0.3, -0.25) is 5.32 Å². The zero-order valence-corrected chi connectivity index (χ0v) is 8.92. The van der Waals surface area contributed by atoms with Crippen molar-refractivity contribution in [3.05, 3.63) is 29.8 Å². The van der Waals surface area contributed by atoms with Crippen LogP contribution in [0.3, 0.4) is 0 Å². The van der Waals surface area contributed by atoms with E-state index in [4.69, 9.17) is 6.42 Å². The molecule has 4 heteroatoms. The molecule has 1 aromatic rings. The van der Waals surface area contributed by atoms with Crippen LogP contribution in [0.25, 0.3) is 0 Å². The minimum Gasteiger partial charge on any atom is -0.298 e. The smallest absolute Gasteiger partial charge is 0.180 e. The molecule has 0 saturated carbocycles. The molecule has 0 bridgehead atoms. The molecule has 0 fully saturated rings. The van der Waals surface area contributed by atoms with Crippen molar-refractivity contribution in [3.8, 4) is 12.3 Å². The van der Waals surface area contributed by atoms with Crippen LogP contribution in [-0.4, -0.2) is 20.7 Å². The summed E-state index contributed by atoms with van der Waals surface area (Å²) in [6.07, 6.45) is 5.13. The van der Waals surface area contributed by atoms with Crippen molar-refractivity contribution in [3.63, 3.8) is 0 Å². The molecule has 2 rings (SSSR count). The molecule has 3 nitrogen and oxygen atoms in total. The first-order valence-electron chi connectivity index (χ1n) is 4.63. The van der Waals surface area contributed by atoms with Crippen LogP contribution in [0.2, 0.25) is 0 Å². The number of fused-ring (bicyclic) bond motifs is 1. The molecule has 0 aromatic heterocycles. The minimum absolute atomic E-state index is 0.105. The summed E-state index contributed by atoms with van der Waals surface area (Å²) in [6.45, 7) is 0.383. The van der Waals surface area contributed by atoms with Gasteiger partial charge in [-0.15, -0.1) is 6.42 Å². The fraction of sp³-hybridized carbons (Fsp3) is 0.273. The summed E-state index contributed by atoms with van der Waals surface area (Å²) < 4.78 is 23.5. The van der Waals surface area contributed by atoms with Gasteiger partial charge in [0.25, 0.3) is 0 Å². The van der Waals surface area contributed by atoms with Gasteiger partial charge in [0.2, 0.25) is 0 Å². The van der Waals surface area contributed by atoms with Crippen molar-refractivity contribution in [2.45, 2.75) is 10.9 Å². The Morgan fingerprint density at radius 2 is 2.20 bits per heavy atom. The van der Waals surface area contributed by atoms with Gasteiger partial charge in [0.15, 0.2) is 9.84 Å². The summed E-state index contributed by atoms with van der Waals surface area (Å²) in [5.74, 6) is 2.55. The predicted molar refractivity (Wildman–Crippen MR) is 58.1 cm³/mol. The van der Waals surface area contributed by atoms with E-state index in [9.17, 15) is 8.42 Å². The second-order valence-electron chi connectivity index (χ2n) is 3.46. The average Bonchev–Trinajstić information content (AvgIpc) is 2.49. The maximum absolute atomic E-state index is 11.7. The van der Waals surface area contributed by atoms with Crippen molar-refractivity contribution < 1.29 is 8.42 Å². The Hall–Kier alpha value is -1.31. The predicted octanol–water partition coefficient (Wildman–Crippen LogP) is 0.738. The average molecular weight is 221 g/mol. The van der Waals surface area contributed by atoms with E-state index in [1.807, 2.05) is 12.1 Å². The highest BCUT2D eigenvalue weighted by Gasteiger charge is 2.33. The summed E-state index contributed by atoms with van der Waals surface area (Å²) in [5.41, 5.74) is 0.827. The second-order valence-corrected chi connectivity index (χ2v) is 5.46. The zero-order chi connectivity index (χ0) is 10.9. The van der Waals surface area contributed by atoms with Gasteiger partial charge in [-0.1, -0.05) is 24.1 Å². The molecular formula is C11H11NO2S. The fourth-order valence-corrected chi connectivity index (χ4v) is 3.57. The van der Waals surface area contributed by atoms with Gasteiger partial charge >= 0.3 is 0 Å². The number of hydrogen-bond donors (Lipinski definition) is 1. The lowest BCUT2D eigenvalue weighted by molar-refractivity contribution is 0.587. The van der Waals surface area contributed by atoms with Crippen LogP contribution in [0.4, 0.5) is 0 Å². The van der Waals surface area contributed by atoms with Gasteiger partial charge in [0, 0.05) is 6.04 Å². The Bertz CT molecular complexity index is 514. The Morgan fingerprint density at radius 3 is 2.93 bits per heavy atom. The van der Waals surface area contributed by atoms with E-state index in [-0.39, 0.29) is 11.8 Å². The molecule has 1 heterocycles. The van der Waals surface area contributed by atoms with Gasteiger partial charge in [-0.05, 0) is 11.6 Å². The lowest BCUT2D eigenvalue weighted by Crippen LogP contribution is -2.22. The third-order valence-electron chi connectivity index (χ3n) is 2.47. The number of rotatable bonds is 2. The van der Waals surface area contributed by atoms with Gasteiger partial charge in [-0.2, -0.15) is 0 Å². The second kappa shape index (κ2) is 3.69. The fourth-order valence-electron chi connectivity index (χ4n) is 1.80. The van der Waals surface area contributed by atoms with Gasteiger partial charge in [0.05, 0.1) is 17.2 Å². The quantitative estimate of drug-likeness (QED) is 0.749. The van der Waals surface area contributed by atoms with E-state index in [1.165, 1.54) is 0 Å². The van der Waals surface area contributed by atoms with Crippen molar-refractivity contribution in [2.75, 3.05) is 12.3 Å². The largest absolute Gasteiger partial charge is 0.298 e.